The van der Waals surface area contributed by atoms with Gasteiger partial charge in [0.15, 0.2) is 0 Å². The summed E-state index contributed by atoms with van der Waals surface area (Å²) in [6, 6.07) is 23.5. The van der Waals surface area contributed by atoms with Crippen LogP contribution in [0.4, 0.5) is 5.69 Å². The summed E-state index contributed by atoms with van der Waals surface area (Å²) in [6.07, 6.45) is 2.49. The summed E-state index contributed by atoms with van der Waals surface area (Å²) in [5.41, 5.74) is 5.70. The van der Waals surface area contributed by atoms with Crippen LogP contribution in [0.25, 0.3) is 10.9 Å². The zero-order valence-corrected chi connectivity index (χ0v) is 17.1. The lowest BCUT2D eigenvalue weighted by Gasteiger charge is -2.11. The SMILES string of the molecule is O=C1Nc2ccccc2C(c2ccccc2)=NC1Cc1c[nH]c2ccc(Br)cc12. The first-order chi connectivity index (χ1) is 14.2. The van der Waals surface area contributed by atoms with Crippen molar-refractivity contribution in [3.63, 3.8) is 0 Å². The van der Waals surface area contributed by atoms with Crippen molar-refractivity contribution in [2.24, 2.45) is 4.99 Å². The third-order valence-electron chi connectivity index (χ3n) is 5.22. The van der Waals surface area contributed by atoms with Crippen LogP contribution in [0.3, 0.4) is 0 Å². The number of aliphatic imine (C=N–C) groups is 1. The van der Waals surface area contributed by atoms with Crippen molar-refractivity contribution in [2.45, 2.75) is 12.5 Å². The molecule has 1 aliphatic rings. The van der Waals surface area contributed by atoms with Gasteiger partial charge in [-0.25, -0.2) is 0 Å². The van der Waals surface area contributed by atoms with E-state index in [4.69, 9.17) is 4.99 Å². The molecule has 5 rings (SSSR count). The lowest BCUT2D eigenvalue weighted by molar-refractivity contribution is -0.117. The van der Waals surface area contributed by atoms with E-state index >= 15 is 0 Å². The largest absolute Gasteiger partial charge is 0.361 e. The van der Waals surface area contributed by atoms with E-state index in [-0.39, 0.29) is 5.91 Å². The van der Waals surface area contributed by atoms with Gasteiger partial charge in [-0.05, 0) is 29.8 Å². The quantitative estimate of drug-likeness (QED) is 0.441. The Balaban J connectivity index is 1.61. The number of benzene rings is 3. The summed E-state index contributed by atoms with van der Waals surface area (Å²) in [5.74, 6) is -0.0901. The first kappa shape index (κ1) is 17.9. The number of aromatic nitrogens is 1. The Morgan fingerprint density at radius 1 is 0.966 bits per heavy atom. The van der Waals surface area contributed by atoms with E-state index in [1.165, 1.54) is 0 Å². The molecule has 1 amide bonds. The monoisotopic (exact) mass is 443 g/mol. The van der Waals surface area contributed by atoms with E-state index in [9.17, 15) is 4.79 Å². The van der Waals surface area contributed by atoms with Gasteiger partial charge in [0, 0.05) is 39.1 Å². The number of hydrogen-bond donors (Lipinski definition) is 2. The van der Waals surface area contributed by atoms with Crippen molar-refractivity contribution in [2.75, 3.05) is 5.32 Å². The third kappa shape index (κ3) is 3.38. The molecule has 0 spiro atoms. The Morgan fingerprint density at radius 2 is 1.76 bits per heavy atom. The number of rotatable bonds is 3. The van der Waals surface area contributed by atoms with Crippen molar-refractivity contribution in [1.82, 2.24) is 4.98 Å². The number of hydrogen-bond acceptors (Lipinski definition) is 2. The molecule has 2 N–H and O–H groups in total. The molecule has 3 aromatic carbocycles. The molecule has 0 aliphatic carbocycles. The van der Waals surface area contributed by atoms with E-state index in [0.29, 0.717) is 6.42 Å². The van der Waals surface area contributed by atoms with Crippen LogP contribution < -0.4 is 5.32 Å². The highest BCUT2D eigenvalue weighted by molar-refractivity contribution is 9.10. The van der Waals surface area contributed by atoms with Crippen molar-refractivity contribution < 1.29 is 4.79 Å². The lowest BCUT2D eigenvalue weighted by Crippen LogP contribution is -2.27. The number of nitrogens with one attached hydrogen (secondary N) is 2. The standard InChI is InChI=1S/C24H18BrN3O/c25-17-10-11-20-19(13-17)16(14-26-20)12-22-24(29)28-21-9-5-4-8-18(21)23(27-22)15-6-2-1-3-7-15/h1-11,13-14,22,26H,12H2,(H,28,29). The highest BCUT2D eigenvalue weighted by Crippen LogP contribution is 2.28. The molecular formula is C24H18BrN3O. The van der Waals surface area contributed by atoms with Gasteiger partial charge < -0.3 is 10.3 Å². The highest BCUT2D eigenvalue weighted by Gasteiger charge is 2.26. The molecule has 29 heavy (non-hydrogen) atoms. The van der Waals surface area contributed by atoms with Crippen molar-refractivity contribution in [1.29, 1.82) is 0 Å². The number of para-hydroxylation sites is 1. The summed E-state index contributed by atoms with van der Waals surface area (Å²) in [4.78, 5) is 21.3. The zero-order chi connectivity index (χ0) is 19.8. The van der Waals surface area contributed by atoms with Crippen molar-refractivity contribution in [3.05, 3.63) is 100 Å². The molecule has 5 heteroatoms. The molecule has 4 aromatic rings. The highest BCUT2D eigenvalue weighted by atomic mass is 79.9. The average molecular weight is 444 g/mol. The van der Waals surface area contributed by atoms with Gasteiger partial charge >= 0.3 is 0 Å². The van der Waals surface area contributed by atoms with E-state index in [1.807, 2.05) is 72.9 Å². The van der Waals surface area contributed by atoms with Gasteiger partial charge in [-0.15, -0.1) is 0 Å². The maximum absolute atomic E-state index is 13.0. The Hall–Kier alpha value is -3.18. The molecule has 0 radical (unpaired) electrons. The second-order valence-corrected chi connectivity index (χ2v) is 8.02. The minimum atomic E-state index is -0.518. The number of halogens is 1. The van der Waals surface area contributed by atoms with Crippen LogP contribution in [0.15, 0.2) is 88.5 Å². The molecule has 1 atom stereocenters. The minimum absolute atomic E-state index is 0.0901. The van der Waals surface area contributed by atoms with E-state index in [2.05, 4.69) is 32.3 Å². The Kier molecular flexibility index (Phi) is 4.52. The predicted octanol–water partition coefficient (Wildman–Crippen LogP) is 5.33. The van der Waals surface area contributed by atoms with Crippen LogP contribution >= 0.6 is 15.9 Å². The number of amides is 1. The van der Waals surface area contributed by atoms with Crippen LogP contribution in [-0.2, 0) is 11.2 Å². The fraction of sp³-hybridized carbons (Fsp3) is 0.0833. The summed E-state index contributed by atoms with van der Waals surface area (Å²) in [6.45, 7) is 0. The Bertz CT molecular complexity index is 1240. The first-order valence-electron chi connectivity index (χ1n) is 9.48. The van der Waals surface area contributed by atoms with Gasteiger partial charge in [-0.2, -0.15) is 0 Å². The minimum Gasteiger partial charge on any atom is -0.361 e. The number of fused-ring (bicyclic) bond motifs is 2. The Labute approximate surface area is 176 Å². The van der Waals surface area contributed by atoms with Crippen LogP contribution in [0, 0.1) is 0 Å². The van der Waals surface area contributed by atoms with Gasteiger partial charge in [0.2, 0.25) is 5.91 Å². The molecule has 1 aliphatic heterocycles. The van der Waals surface area contributed by atoms with Crippen LogP contribution in [0.5, 0.6) is 0 Å². The molecule has 1 unspecified atom stereocenters. The molecule has 2 heterocycles. The van der Waals surface area contributed by atoms with E-state index < -0.39 is 6.04 Å². The van der Waals surface area contributed by atoms with Crippen LogP contribution in [0.1, 0.15) is 16.7 Å². The average Bonchev–Trinajstić information content (AvgIpc) is 3.07. The molecule has 0 saturated carbocycles. The second kappa shape index (κ2) is 7.33. The summed E-state index contributed by atoms with van der Waals surface area (Å²) in [5, 5.41) is 4.17. The first-order valence-corrected chi connectivity index (χ1v) is 10.3. The molecule has 0 saturated heterocycles. The molecule has 0 bridgehead atoms. The van der Waals surface area contributed by atoms with Crippen LogP contribution in [0.2, 0.25) is 0 Å². The fourth-order valence-electron chi connectivity index (χ4n) is 3.79. The van der Waals surface area contributed by atoms with Gasteiger partial charge in [0.05, 0.1) is 11.4 Å². The van der Waals surface area contributed by atoms with Gasteiger partial charge in [0.1, 0.15) is 6.04 Å². The molecule has 4 nitrogen and oxygen atoms in total. The number of H-pyrrole nitrogens is 1. The zero-order valence-electron chi connectivity index (χ0n) is 15.5. The van der Waals surface area contributed by atoms with Crippen molar-refractivity contribution >= 4 is 44.1 Å². The number of benzodiazepines with no additional fused rings is 1. The lowest BCUT2D eigenvalue weighted by atomic mass is 10.0. The number of nitrogens with zero attached hydrogens (tertiary/aromatic N) is 1. The molecule has 142 valence electrons. The Morgan fingerprint density at radius 3 is 2.62 bits per heavy atom. The number of carbonyl (C=O) groups excluding carboxylic acids is 1. The van der Waals surface area contributed by atoms with Crippen LogP contribution in [-0.4, -0.2) is 22.6 Å². The second-order valence-electron chi connectivity index (χ2n) is 7.10. The number of anilines is 1. The third-order valence-corrected chi connectivity index (χ3v) is 5.71. The maximum Gasteiger partial charge on any atom is 0.249 e. The molecule has 0 fully saturated rings. The van der Waals surface area contributed by atoms with E-state index in [0.717, 1.165) is 43.5 Å². The number of carbonyl (C=O) groups is 1. The normalized spacial score (nSPS) is 16.1. The maximum atomic E-state index is 13.0. The molecular weight excluding hydrogens is 426 g/mol. The van der Waals surface area contributed by atoms with Gasteiger partial charge in [-0.3, -0.25) is 9.79 Å². The molecule has 1 aromatic heterocycles. The fourth-order valence-corrected chi connectivity index (χ4v) is 4.15. The van der Waals surface area contributed by atoms with Gasteiger partial charge in [0.25, 0.3) is 0 Å². The smallest absolute Gasteiger partial charge is 0.249 e. The number of aromatic amines is 1. The van der Waals surface area contributed by atoms with Crippen molar-refractivity contribution in [3.8, 4) is 0 Å². The summed E-state index contributed by atoms with van der Waals surface area (Å²) < 4.78 is 1.01. The van der Waals surface area contributed by atoms with E-state index in [1.54, 1.807) is 0 Å². The topological polar surface area (TPSA) is 57.2 Å². The summed E-state index contributed by atoms with van der Waals surface area (Å²) in [7, 11) is 0. The van der Waals surface area contributed by atoms with Gasteiger partial charge in [-0.1, -0.05) is 64.5 Å². The predicted molar refractivity (Wildman–Crippen MR) is 121 cm³/mol. The summed E-state index contributed by atoms with van der Waals surface area (Å²) >= 11 is 3.54.